The number of hydrazone groups is 1. The van der Waals surface area contributed by atoms with Crippen molar-refractivity contribution in [3.05, 3.63) is 95.1 Å². The third-order valence-corrected chi connectivity index (χ3v) is 5.96. The highest BCUT2D eigenvalue weighted by molar-refractivity contribution is 5.91. The molecule has 2 aliphatic heterocycles. The summed E-state index contributed by atoms with van der Waals surface area (Å²) in [6, 6.07) is 21.6. The maximum Gasteiger partial charge on any atom is 0.129 e. The molecule has 2 fully saturated rings. The molecule has 4 rings (SSSR count). The van der Waals surface area contributed by atoms with Crippen LogP contribution in [0.2, 0.25) is 0 Å². The van der Waals surface area contributed by atoms with Crippen molar-refractivity contribution in [2.24, 2.45) is 5.10 Å². The molecule has 3 atom stereocenters. The van der Waals surface area contributed by atoms with Gasteiger partial charge in [0, 0.05) is 0 Å². The molecule has 0 spiro atoms. The molecule has 0 aliphatic carbocycles. The first-order valence-electron chi connectivity index (χ1n) is 11.5. The topological polar surface area (TPSA) is 27.9 Å². The second-order valence-electron chi connectivity index (χ2n) is 8.94. The molecule has 0 saturated carbocycles. The van der Waals surface area contributed by atoms with E-state index < -0.39 is 0 Å². The van der Waals surface area contributed by atoms with Crippen LogP contribution in [0.15, 0.2) is 89.1 Å². The maximum absolute atomic E-state index is 6.10. The van der Waals surface area contributed by atoms with Crippen molar-refractivity contribution in [2.75, 3.05) is 6.54 Å². The Morgan fingerprint density at radius 2 is 1.55 bits per heavy atom. The van der Waals surface area contributed by atoms with Gasteiger partial charge in [-0.2, -0.15) is 5.10 Å². The molecule has 3 heteroatoms. The molecule has 0 amide bonds. The zero-order valence-electron chi connectivity index (χ0n) is 19.0. The summed E-state index contributed by atoms with van der Waals surface area (Å²) in [6.07, 6.45) is 9.18. The zero-order chi connectivity index (χ0) is 21.6. The van der Waals surface area contributed by atoms with Crippen LogP contribution in [0, 0.1) is 0 Å². The smallest absolute Gasteiger partial charge is 0.129 e. The van der Waals surface area contributed by atoms with E-state index in [9.17, 15) is 0 Å². The van der Waals surface area contributed by atoms with E-state index in [-0.39, 0.29) is 12.2 Å². The lowest BCUT2D eigenvalue weighted by molar-refractivity contribution is 0.396. The van der Waals surface area contributed by atoms with Gasteiger partial charge >= 0.3 is 0 Å². The number of benzene rings is 2. The van der Waals surface area contributed by atoms with Crippen molar-refractivity contribution in [2.45, 2.75) is 64.7 Å². The quantitative estimate of drug-likeness (QED) is 0.237. The minimum Gasteiger partial charge on any atom is -0.358 e. The van der Waals surface area contributed by atoms with Gasteiger partial charge in [-0.25, -0.2) is 0 Å². The summed E-state index contributed by atoms with van der Waals surface area (Å²) in [6.45, 7) is 7.56. The summed E-state index contributed by atoms with van der Waals surface area (Å²) in [7, 11) is 0. The molecule has 0 aromatic heterocycles. The molecule has 162 valence electrons. The van der Waals surface area contributed by atoms with E-state index in [1.54, 1.807) is 0 Å². The van der Waals surface area contributed by atoms with Gasteiger partial charge in [0.15, 0.2) is 0 Å². The summed E-state index contributed by atoms with van der Waals surface area (Å²) in [5, 5.41) is 7.26. The summed E-state index contributed by atoms with van der Waals surface area (Å²) in [4.78, 5) is 0. The Labute approximate surface area is 187 Å². The first-order valence-corrected chi connectivity index (χ1v) is 11.5. The Bertz CT molecular complexity index is 941. The number of rotatable bonds is 10. The van der Waals surface area contributed by atoms with Gasteiger partial charge < -0.3 is 4.74 Å². The standard InChI is InChI=1S/C28H34N2O/c1-21(2)12-10-13-22(3)14-11-19-25(28-27(31-28)24-17-8-5-9-18-24)29-30-20-26(30)23-15-6-4-7-16-23/h4-9,12,14-18,26-28H,10-11,13,19-20H2,1-3H3/b22-14+,29-25?. The normalized spacial score (nSPS) is 22.9. The Kier molecular flexibility index (Phi) is 7.03. The summed E-state index contributed by atoms with van der Waals surface area (Å²) in [5.74, 6) is 0. The Morgan fingerprint density at radius 1 is 0.903 bits per heavy atom. The minimum atomic E-state index is 0.110. The van der Waals surface area contributed by atoms with Crippen LogP contribution < -0.4 is 0 Å². The minimum absolute atomic E-state index is 0.110. The second-order valence-corrected chi connectivity index (χ2v) is 8.94. The fourth-order valence-electron chi connectivity index (χ4n) is 4.03. The van der Waals surface area contributed by atoms with Crippen LogP contribution >= 0.6 is 0 Å². The van der Waals surface area contributed by atoms with E-state index in [1.807, 2.05) is 0 Å². The van der Waals surface area contributed by atoms with Crippen LogP contribution in [0.1, 0.15) is 69.7 Å². The predicted molar refractivity (Wildman–Crippen MR) is 129 cm³/mol. The molecule has 2 aromatic rings. The zero-order valence-corrected chi connectivity index (χ0v) is 19.0. The summed E-state index contributed by atoms with van der Waals surface area (Å²) < 4.78 is 6.10. The van der Waals surface area contributed by atoms with Crippen LogP contribution in [0.5, 0.6) is 0 Å². The van der Waals surface area contributed by atoms with Gasteiger partial charge in [0.2, 0.25) is 0 Å². The maximum atomic E-state index is 6.10. The fraction of sp³-hybridized carbons (Fsp3) is 0.393. The second kappa shape index (κ2) is 10.1. The van der Waals surface area contributed by atoms with Gasteiger partial charge in [-0.3, -0.25) is 5.01 Å². The Hall–Kier alpha value is -2.65. The summed E-state index contributed by atoms with van der Waals surface area (Å²) >= 11 is 0. The molecule has 2 aliphatic rings. The SMILES string of the molecule is CC(C)=CCC/C(C)=C/CCC(=NN1CC1c1ccccc1)C1OC1c1ccccc1. The van der Waals surface area contributed by atoms with Crippen molar-refractivity contribution in [1.82, 2.24) is 5.01 Å². The third kappa shape index (κ3) is 6.18. The number of ether oxygens (including phenoxy) is 1. The van der Waals surface area contributed by atoms with E-state index in [1.165, 1.54) is 28.0 Å². The van der Waals surface area contributed by atoms with Crippen LogP contribution in [0.25, 0.3) is 0 Å². The Morgan fingerprint density at radius 3 is 2.23 bits per heavy atom. The lowest BCUT2D eigenvalue weighted by Gasteiger charge is -2.06. The first-order chi connectivity index (χ1) is 15.1. The number of hydrogen-bond acceptors (Lipinski definition) is 3. The van der Waals surface area contributed by atoms with E-state index in [4.69, 9.17) is 9.84 Å². The van der Waals surface area contributed by atoms with Gasteiger partial charge in [0.05, 0.1) is 18.3 Å². The van der Waals surface area contributed by atoms with E-state index in [0.717, 1.165) is 32.2 Å². The average molecular weight is 415 g/mol. The highest BCUT2D eigenvalue weighted by Crippen LogP contribution is 2.42. The molecule has 31 heavy (non-hydrogen) atoms. The van der Waals surface area contributed by atoms with Crippen LogP contribution in [0.4, 0.5) is 0 Å². The van der Waals surface area contributed by atoms with Crippen molar-refractivity contribution in [3.8, 4) is 0 Å². The number of hydrogen-bond donors (Lipinski definition) is 0. The third-order valence-electron chi connectivity index (χ3n) is 5.96. The van der Waals surface area contributed by atoms with Gasteiger partial charge in [-0.15, -0.1) is 0 Å². The molecule has 3 unspecified atom stereocenters. The molecular weight excluding hydrogens is 380 g/mol. The molecule has 2 saturated heterocycles. The van der Waals surface area contributed by atoms with Gasteiger partial charge in [-0.1, -0.05) is 84.0 Å². The molecule has 0 bridgehead atoms. The van der Waals surface area contributed by atoms with Crippen molar-refractivity contribution in [3.63, 3.8) is 0 Å². The molecule has 2 aromatic carbocycles. The van der Waals surface area contributed by atoms with Crippen molar-refractivity contribution >= 4 is 5.71 Å². The molecule has 2 heterocycles. The van der Waals surface area contributed by atoms with Gasteiger partial charge in [0.1, 0.15) is 12.2 Å². The molecule has 0 N–H and O–H groups in total. The average Bonchev–Trinajstić information content (AvgIpc) is 3.69. The van der Waals surface area contributed by atoms with E-state index in [0.29, 0.717) is 6.04 Å². The highest BCUT2D eigenvalue weighted by Gasteiger charge is 2.45. The van der Waals surface area contributed by atoms with Gasteiger partial charge in [-0.05, 0) is 57.6 Å². The highest BCUT2D eigenvalue weighted by atomic mass is 16.6. The monoisotopic (exact) mass is 414 g/mol. The van der Waals surface area contributed by atoms with E-state index in [2.05, 4.69) is 98.6 Å². The van der Waals surface area contributed by atoms with Crippen molar-refractivity contribution in [1.29, 1.82) is 0 Å². The molecule has 0 radical (unpaired) electrons. The van der Waals surface area contributed by atoms with Crippen molar-refractivity contribution < 1.29 is 4.74 Å². The number of nitrogens with zero attached hydrogens (tertiary/aromatic N) is 2. The first kappa shape index (κ1) is 21.6. The van der Waals surface area contributed by atoms with Gasteiger partial charge in [0.25, 0.3) is 0 Å². The predicted octanol–water partition coefficient (Wildman–Crippen LogP) is 7.01. The number of epoxide rings is 1. The molecule has 3 nitrogen and oxygen atoms in total. The summed E-state index contributed by atoms with van der Waals surface area (Å²) in [5.41, 5.74) is 6.63. The van der Waals surface area contributed by atoms with Crippen LogP contribution in [0.3, 0.4) is 0 Å². The molecular formula is C28H34N2O. The lowest BCUT2D eigenvalue weighted by atomic mass is 10.0. The lowest BCUT2D eigenvalue weighted by Crippen LogP contribution is -2.11. The largest absolute Gasteiger partial charge is 0.358 e. The fourth-order valence-corrected chi connectivity index (χ4v) is 4.03. The van der Waals surface area contributed by atoms with Crippen LogP contribution in [-0.2, 0) is 4.74 Å². The van der Waals surface area contributed by atoms with Crippen LogP contribution in [-0.4, -0.2) is 23.4 Å². The van der Waals surface area contributed by atoms with E-state index >= 15 is 0 Å². The Balaban J connectivity index is 1.40. The number of allylic oxidation sites excluding steroid dienone is 4.